The van der Waals surface area contributed by atoms with Crippen molar-refractivity contribution in [3.05, 3.63) is 30.3 Å². The predicted molar refractivity (Wildman–Crippen MR) is 72.7 cm³/mol. The van der Waals surface area contributed by atoms with Crippen LogP contribution in [0.3, 0.4) is 0 Å². The van der Waals surface area contributed by atoms with Crippen molar-refractivity contribution in [1.82, 2.24) is 0 Å². The molecule has 2 N–H and O–H groups in total. The molecule has 0 aliphatic heterocycles. The fraction of sp³-hybridized carbons (Fsp3) is 0.600. The fourth-order valence-electron chi connectivity index (χ4n) is 2.66. The number of nitrogens with two attached hydrogens (primary N) is 1. The zero-order valence-electron chi connectivity index (χ0n) is 11.1. The van der Waals surface area contributed by atoms with Crippen LogP contribution in [0.4, 0.5) is 0 Å². The fourth-order valence-corrected chi connectivity index (χ4v) is 2.66. The highest BCUT2D eigenvalue weighted by Crippen LogP contribution is 2.36. The number of hydrogen-bond donors (Lipinski definition) is 1. The summed E-state index contributed by atoms with van der Waals surface area (Å²) in [5.41, 5.74) is 5.76. The summed E-state index contributed by atoms with van der Waals surface area (Å²) in [6.07, 6.45) is 3.38. The SMILES string of the molecule is CC1CCC(CN)(OCCOc2ccccc2)C1. The first-order chi connectivity index (χ1) is 8.74. The van der Waals surface area contributed by atoms with Gasteiger partial charge in [0.25, 0.3) is 0 Å². The van der Waals surface area contributed by atoms with Crippen molar-refractivity contribution >= 4 is 0 Å². The molecule has 0 radical (unpaired) electrons. The van der Waals surface area contributed by atoms with E-state index in [2.05, 4.69) is 6.92 Å². The van der Waals surface area contributed by atoms with Gasteiger partial charge in [-0.15, -0.1) is 0 Å². The van der Waals surface area contributed by atoms with E-state index in [-0.39, 0.29) is 5.60 Å². The normalized spacial score (nSPS) is 27.3. The second-order valence-corrected chi connectivity index (χ2v) is 5.25. The zero-order valence-corrected chi connectivity index (χ0v) is 11.1. The molecule has 0 amide bonds. The monoisotopic (exact) mass is 249 g/mol. The van der Waals surface area contributed by atoms with Crippen LogP contribution in [0.15, 0.2) is 30.3 Å². The molecule has 0 spiro atoms. The van der Waals surface area contributed by atoms with E-state index in [1.165, 1.54) is 6.42 Å². The van der Waals surface area contributed by atoms with Gasteiger partial charge in [0.05, 0.1) is 12.2 Å². The van der Waals surface area contributed by atoms with E-state index in [1.54, 1.807) is 0 Å². The predicted octanol–water partition coefficient (Wildman–Crippen LogP) is 2.60. The number of ether oxygens (including phenoxy) is 2. The molecule has 1 aromatic carbocycles. The topological polar surface area (TPSA) is 44.5 Å². The molecule has 1 aromatic rings. The van der Waals surface area contributed by atoms with Crippen LogP contribution < -0.4 is 10.5 Å². The maximum atomic E-state index is 5.98. The quantitative estimate of drug-likeness (QED) is 0.788. The van der Waals surface area contributed by atoms with Crippen molar-refractivity contribution in [2.24, 2.45) is 11.7 Å². The minimum Gasteiger partial charge on any atom is -0.491 e. The molecular weight excluding hydrogens is 226 g/mol. The zero-order chi connectivity index (χ0) is 12.8. The van der Waals surface area contributed by atoms with Gasteiger partial charge in [-0.1, -0.05) is 25.1 Å². The lowest BCUT2D eigenvalue weighted by molar-refractivity contribution is -0.0462. The van der Waals surface area contributed by atoms with Crippen molar-refractivity contribution in [2.75, 3.05) is 19.8 Å². The highest BCUT2D eigenvalue weighted by Gasteiger charge is 2.37. The number of rotatable bonds is 6. The molecule has 18 heavy (non-hydrogen) atoms. The van der Waals surface area contributed by atoms with Crippen LogP contribution in [-0.2, 0) is 4.74 Å². The van der Waals surface area contributed by atoms with Crippen LogP contribution in [0.5, 0.6) is 5.75 Å². The van der Waals surface area contributed by atoms with Crippen LogP contribution in [0.2, 0.25) is 0 Å². The third-order valence-electron chi connectivity index (χ3n) is 3.69. The summed E-state index contributed by atoms with van der Waals surface area (Å²) in [6, 6.07) is 9.83. The van der Waals surface area contributed by atoms with Crippen molar-refractivity contribution in [2.45, 2.75) is 31.8 Å². The Labute approximate surface area is 109 Å². The van der Waals surface area contributed by atoms with Crippen molar-refractivity contribution in [3.63, 3.8) is 0 Å². The van der Waals surface area contributed by atoms with Gasteiger partial charge in [-0.3, -0.25) is 0 Å². The third-order valence-corrected chi connectivity index (χ3v) is 3.69. The molecule has 1 fully saturated rings. The van der Waals surface area contributed by atoms with Crippen LogP contribution >= 0.6 is 0 Å². The Bertz CT molecular complexity index is 355. The molecule has 100 valence electrons. The first-order valence-electron chi connectivity index (χ1n) is 6.76. The minimum atomic E-state index is -0.0978. The van der Waals surface area contributed by atoms with Gasteiger partial charge in [0.1, 0.15) is 12.4 Å². The van der Waals surface area contributed by atoms with Gasteiger partial charge in [0.2, 0.25) is 0 Å². The van der Waals surface area contributed by atoms with E-state index in [1.807, 2.05) is 30.3 Å². The number of para-hydroxylation sites is 1. The Morgan fingerprint density at radius 1 is 1.28 bits per heavy atom. The summed E-state index contributed by atoms with van der Waals surface area (Å²) in [4.78, 5) is 0. The van der Waals surface area contributed by atoms with Gasteiger partial charge >= 0.3 is 0 Å². The standard InChI is InChI=1S/C15H23NO2/c1-13-7-8-15(11-13,12-16)18-10-9-17-14-5-3-2-4-6-14/h2-6,13H,7-12,16H2,1H3. The first kappa shape index (κ1) is 13.4. The van der Waals surface area contributed by atoms with E-state index in [0.717, 1.165) is 24.5 Å². The first-order valence-corrected chi connectivity index (χ1v) is 6.76. The van der Waals surface area contributed by atoms with Gasteiger partial charge in [-0.25, -0.2) is 0 Å². The molecule has 2 unspecified atom stereocenters. The van der Waals surface area contributed by atoms with Crippen LogP contribution in [0, 0.1) is 5.92 Å². The highest BCUT2D eigenvalue weighted by molar-refractivity contribution is 5.20. The van der Waals surface area contributed by atoms with Gasteiger partial charge in [0, 0.05) is 6.54 Å². The van der Waals surface area contributed by atoms with E-state index in [0.29, 0.717) is 19.8 Å². The van der Waals surface area contributed by atoms with Crippen LogP contribution in [-0.4, -0.2) is 25.4 Å². The molecule has 1 saturated carbocycles. The van der Waals surface area contributed by atoms with Gasteiger partial charge < -0.3 is 15.2 Å². The Hall–Kier alpha value is -1.06. The molecule has 0 bridgehead atoms. The van der Waals surface area contributed by atoms with Crippen molar-refractivity contribution in [1.29, 1.82) is 0 Å². The summed E-state index contributed by atoms with van der Waals surface area (Å²) < 4.78 is 11.6. The lowest BCUT2D eigenvalue weighted by atomic mass is 10.0. The molecule has 3 nitrogen and oxygen atoms in total. The average Bonchev–Trinajstić information content (AvgIpc) is 2.78. The van der Waals surface area contributed by atoms with E-state index in [9.17, 15) is 0 Å². The second kappa shape index (κ2) is 6.21. The highest BCUT2D eigenvalue weighted by atomic mass is 16.5. The summed E-state index contributed by atoms with van der Waals surface area (Å²) in [7, 11) is 0. The molecule has 0 heterocycles. The second-order valence-electron chi connectivity index (χ2n) is 5.25. The molecule has 2 atom stereocenters. The summed E-state index contributed by atoms with van der Waals surface area (Å²) in [5.74, 6) is 1.62. The van der Waals surface area contributed by atoms with E-state index < -0.39 is 0 Å². The number of hydrogen-bond acceptors (Lipinski definition) is 3. The summed E-state index contributed by atoms with van der Waals surface area (Å²) in [6.45, 7) is 4.07. The lowest BCUT2D eigenvalue weighted by Crippen LogP contribution is -2.39. The summed E-state index contributed by atoms with van der Waals surface area (Å²) in [5, 5.41) is 0. The molecule has 0 saturated heterocycles. The maximum Gasteiger partial charge on any atom is 0.119 e. The molecule has 1 aliphatic carbocycles. The van der Waals surface area contributed by atoms with Crippen LogP contribution in [0.1, 0.15) is 26.2 Å². The Morgan fingerprint density at radius 2 is 2.06 bits per heavy atom. The average molecular weight is 249 g/mol. The van der Waals surface area contributed by atoms with Crippen LogP contribution in [0.25, 0.3) is 0 Å². The van der Waals surface area contributed by atoms with E-state index >= 15 is 0 Å². The molecule has 1 aliphatic rings. The lowest BCUT2D eigenvalue weighted by Gasteiger charge is -2.28. The smallest absolute Gasteiger partial charge is 0.119 e. The molecule has 0 aromatic heterocycles. The Balaban J connectivity index is 1.71. The number of benzene rings is 1. The van der Waals surface area contributed by atoms with Crippen molar-refractivity contribution in [3.8, 4) is 5.75 Å². The maximum absolute atomic E-state index is 5.98. The van der Waals surface area contributed by atoms with Gasteiger partial charge in [-0.05, 0) is 37.3 Å². The molecular formula is C15H23NO2. The largest absolute Gasteiger partial charge is 0.491 e. The Morgan fingerprint density at radius 3 is 2.67 bits per heavy atom. The third kappa shape index (κ3) is 3.47. The summed E-state index contributed by atoms with van der Waals surface area (Å²) >= 11 is 0. The minimum absolute atomic E-state index is 0.0978. The van der Waals surface area contributed by atoms with Gasteiger partial charge in [-0.2, -0.15) is 0 Å². The van der Waals surface area contributed by atoms with Crippen molar-refractivity contribution < 1.29 is 9.47 Å². The van der Waals surface area contributed by atoms with Gasteiger partial charge in [0.15, 0.2) is 0 Å². The Kier molecular flexibility index (Phi) is 4.61. The molecule has 2 rings (SSSR count). The molecule has 3 heteroatoms. The van der Waals surface area contributed by atoms with E-state index in [4.69, 9.17) is 15.2 Å².